The molecule has 0 radical (unpaired) electrons. The van der Waals surface area contributed by atoms with Crippen LogP contribution in [0.2, 0.25) is 0 Å². The van der Waals surface area contributed by atoms with Gasteiger partial charge in [0.15, 0.2) is 11.5 Å². The van der Waals surface area contributed by atoms with Gasteiger partial charge in [0.25, 0.3) is 0 Å². The Balaban J connectivity index is 1.75. The normalized spacial score (nSPS) is 11.4. The lowest BCUT2D eigenvalue weighted by molar-refractivity contribution is 0.704. The summed E-state index contributed by atoms with van der Waals surface area (Å²) in [4.78, 5) is 12.3. The standard InChI is InChI=1S/C16H16N6/c1-11-17-9-14(21(11)2)15-19-13-8-18-22(16(13)20-15)10-12-6-4-3-5-7-12/h3-9H,10H2,1-2H3,(H,19,20). The number of hydrogen-bond donors (Lipinski definition) is 1. The van der Waals surface area contributed by atoms with Crippen LogP contribution in [-0.4, -0.2) is 29.3 Å². The Labute approximate surface area is 127 Å². The van der Waals surface area contributed by atoms with Gasteiger partial charge in [0.1, 0.15) is 17.0 Å². The van der Waals surface area contributed by atoms with E-state index in [0.29, 0.717) is 6.54 Å². The van der Waals surface area contributed by atoms with Crippen molar-refractivity contribution in [3.05, 3.63) is 54.1 Å². The first-order valence-electron chi connectivity index (χ1n) is 7.16. The SMILES string of the molecule is Cc1ncc(-c2nc3c(cnn3Cc3ccccc3)[nH]2)n1C. The van der Waals surface area contributed by atoms with Crippen LogP contribution in [0, 0.1) is 6.92 Å². The van der Waals surface area contributed by atoms with Crippen LogP contribution in [0.5, 0.6) is 0 Å². The third kappa shape index (κ3) is 2.00. The quantitative estimate of drug-likeness (QED) is 0.631. The molecule has 6 nitrogen and oxygen atoms in total. The first-order chi connectivity index (χ1) is 10.7. The van der Waals surface area contributed by atoms with Gasteiger partial charge in [-0.15, -0.1) is 0 Å². The first-order valence-corrected chi connectivity index (χ1v) is 7.16. The predicted octanol–water partition coefficient (Wildman–Crippen LogP) is 2.52. The Hall–Kier alpha value is -2.89. The van der Waals surface area contributed by atoms with Gasteiger partial charge in [-0.05, 0) is 12.5 Å². The highest BCUT2D eigenvalue weighted by Gasteiger charge is 2.14. The molecule has 1 N–H and O–H groups in total. The van der Waals surface area contributed by atoms with E-state index in [2.05, 4.69) is 27.2 Å². The summed E-state index contributed by atoms with van der Waals surface area (Å²) in [7, 11) is 1.99. The van der Waals surface area contributed by atoms with Crippen LogP contribution in [0.1, 0.15) is 11.4 Å². The molecule has 3 aromatic heterocycles. The van der Waals surface area contributed by atoms with Gasteiger partial charge in [0, 0.05) is 7.05 Å². The summed E-state index contributed by atoms with van der Waals surface area (Å²) in [5, 5.41) is 4.41. The fourth-order valence-electron chi connectivity index (χ4n) is 2.56. The maximum atomic E-state index is 4.70. The van der Waals surface area contributed by atoms with Crippen molar-refractivity contribution in [2.75, 3.05) is 0 Å². The molecule has 0 spiro atoms. The predicted molar refractivity (Wildman–Crippen MR) is 84.4 cm³/mol. The number of imidazole rings is 2. The molecule has 4 aromatic rings. The first kappa shape index (κ1) is 12.8. The summed E-state index contributed by atoms with van der Waals surface area (Å²) in [5.74, 6) is 1.78. The van der Waals surface area contributed by atoms with Gasteiger partial charge in [-0.25, -0.2) is 14.6 Å². The molecule has 4 rings (SSSR count). The minimum atomic E-state index is 0.707. The zero-order valence-corrected chi connectivity index (χ0v) is 12.5. The largest absolute Gasteiger partial charge is 0.334 e. The van der Waals surface area contributed by atoms with Crippen LogP contribution in [0.4, 0.5) is 0 Å². The number of fused-ring (bicyclic) bond motifs is 1. The molecule has 6 heteroatoms. The molecule has 0 aliphatic heterocycles. The number of aryl methyl sites for hydroxylation is 1. The molecule has 110 valence electrons. The smallest absolute Gasteiger partial charge is 0.177 e. The number of aromatic nitrogens is 6. The van der Waals surface area contributed by atoms with Crippen LogP contribution < -0.4 is 0 Å². The number of hydrogen-bond acceptors (Lipinski definition) is 3. The molecular formula is C16H16N6. The molecule has 0 fully saturated rings. The summed E-state index contributed by atoms with van der Waals surface area (Å²) in [6, 6.07) is 10.3. The molecule has 0 amide bonds. The third-order valence-electron chi connectivity index (χ3n) is 3.92. The Morgan fingerprint density at radius 1 is 1.14 bits per heavy atom. The second kappa shape index (κ2) is 4.84. The van der Waals surface area contributed by atoms with Crippen molar-refractivity contribution in [2.24, 2.45) is 7.05 Å². The summed E-state index contributed by atoms with van der Waals surface area (Å²) in [6.45, 7) is 2.68. The van der Waals surface area contributed by atoms with Crippen molar-refractivity contribution in [3.8, 4) is 11.5 Å². The van der Waals surface area contributed by atoms with E-state index < -0.39 is 0 Å². The van der Waals surface area contributed by atoms with E-state index in [4.69, 9.17) is 4.98 Å². The van der Waals surface area contributed by atoms with E-state index in [1.165, 1.54) is 5.56 Å². The highest BCUT2D eigenvalue weighted by Crippen LogP contribution is 2.21. The number of aromatic amines is 1. The van der Waals surface area contributed by atoms with Crippen molar-refractivity contribution in [1.29, 1.82) is 0 Å². The Bertz CT molecular complexity index is 928. The minimum absolute atomic E-state index is 0.707. The van der Waals surface area contributed by atoms with Crippen molar-refractivity contribution >= 4 is 11.2 Å². The van der Waals surface area contributed by atoms with Gasteiger partial charge in [-0.3, -0.25) is 0 Å². The van der Waals surface area contributed by atoms with Gasteiger partial charge >= 0.3 is 0 Å². The van der Waals surface area contributed by atoms with E-state index in [1.54, 1.807) is 0 Å². The number of rotatable bonds is 3. The molecule has 0 aliphatic rings. The number of benzene rings is 1. The van der Waals surface area contributed by atoms with Gasteiger partial charge in [0.05, 0.1) is 18.9 Å². The van der Waals surface area contributed by atoms with Crippen molar-refractivity contribution in [3.63, 3.8) is 0 Å². The van der Waals surface area contributed by atoms with Gasteiger partial charge in [-0.1, -0.05) is 30.3 Å². The monoisotopic (exact) mass is 292 g/mol. The summed E-state index contributed by atoms with van der Waals surface area (Å²) in [5.41, 5.74) is 3.97. The van der Waals surface area contributed by atoms with E-state index in [0.717, 1.165) is 28.5 Å². The molecule has 1 aromatic carbocycles. The lowest BCUT2D eigenvalue weighted by atomic mass is 10.2. The van der Waals surface area contributed by atoms with E-state index in [9.17, 15) is 0 Å². The molecular weight excluding hydrogens is 276 g/mol. The Kier molecular flexibility index (Phi) is 2.82. The molecule has 0 atom stereocenters. The summed E-state index contributed by atoms with van der Waals surface area (Å²) >= 11 is 0. The minimum Gasteiger partial charge on any atom is -0.334 e. The molecule has 3 heterocycles. The Morgan fingerprint density at radius 3 is 2.68 bits per heavy atom. The van der Waals surface area contributed by atoms with Gasteiger partial charge < -0.3 is 9.55 Å². The lowest BCUT2D eigenvalue weighted by Gasteiger charge is -2.02. The van der Waals surface area contributed by atoms with Crippen molar-refractivity contribution in [2.45, 2.75) is 13.5 Å². The fourth-order valence-corrected chi connectivity index (χ4v) is 2.56. The summed E-state index contributed by atoms with van der Waals surface area (Å²) < 4.78 is 3.93. The molecule has 0 bridgehead atoms. The third-order valence-corrected chi connectivity index (χ3v) is 3.92. The Morgan fingerprint density at radius 2 is 1.95 bits per heavy atom. The molecule has 0 unspecified atom stereocenters. The van der Waals surface area contributed by atoms with Crippen LogP contribution in [0.3, 0.4) is 0 Å². The van der Waals surface area contributed by atoms with E-state index in [-0.39, 0.29) is 0 Å². The summed E-state index contributed by atoms with van der Waals surface area (Å²) in [6.07, 6.45) is 3.65. The topological polar surface area (TPSA) is 64.3 Å². The molecule has 0 saturated heterocycles. The number of nitrogens with zero attached hydrogens (tertiary/aromatic N) is 5. The average Bonchev–Trinajstić information content (AvgIpc) is 3.18. The van der Waals surface area contributed by atoms with Crippen LogP contribution in [-0.2, 0) is 13.6 Å². The highest BCUT2D eigenvalue weighted by atomic mass is 15.3. The number of H-pyrrole nitrogens is 1. The maximum absolute atomic E-state index is 4.70. The van der Waals surface area contributed by atoms with Gasteiger partial charge in [0.2, 0.25) is 0 Å². The van der Waals surface area contributed by atoms with Crippen LogP contribution in [0.15, 0.2) is 42.7 Å². The molecule has 0 aliphatic carbocycles. The zero-order valence-electron chi connectivity index (χ0n) is 12.5. The van der Waals surface area contributed by atoms with Gasteiger partial charge in [-0.2, -0.15) is 5.10 Å². The highest BCUT2D eigenvalue weighted by molar-refractivity contribution is 5.75. The average molecular weight is 292 g/mol. The maximum Gasteiger partial charge on any atom is 0.177 e. The second-order valence-electron chi connectivity index (χ2n) is 5.36. The van der Waals surface area contributed by atoms with Crippen LogP contribution in [0.25, 0.3) is 22.7 Å². The van der Waals surface area contributed by atoms with E-state index in [1.807, 2.05) is 53.8 Å². The number of nitrogens with one attached hydrogen (secondary N) is 1. The fraction of sp³-hybridized carbons (Fsp3) is 0.188. The van der Waals surface area contributed by atoms with Crippen molar-refractivity contribution < 1.29 is 0 Å². The van der Waals surface area contributed by atoms with Crippen molar-refractivity contribution in [1.82, 2.24) is 29.3 Å². The van der Waals surface area contributed by atoms with Crippen LogP contribution >= 0.6 is 0 Å². The van der Waals surface area contributed by atoms with E-state index >= 15 is 0 Å². The zero-order chi connectivity index (χ0) is 15.1. The molecule has 0 saturated carbocycles. The lowest BCUT2D eigenvalue weighted by Crippen LogP contribution is -2.02. The second-order valence-corrected chi connectivity index (χ2v) is 5.36. The molecule has 22 heavy (non-hydrogen) atoms.